The Kier molecular flexibility index (Phi) is 24.9. The smallest absolute Gasteiger partial charge is 0.850 e. The molecular weight excluding hydrogens is 720 g/mol. The van der Waals surface area contributed by atoms with E-state index in [-0.39, 0.29) is 63.3 Å². The summed E-state index contributed by atoms with van der Waals surface area (Å²) in [5.41, 5.74) is 13.0. The van der Waals surface area contributed by atoms with Gasteiger partial charge in [-0.15, -0.1) is 5.60 Å². The number of ether oxygens (including phenoxy) is 4. The van der Waals surface area contributed by atoms with E-state index in [4.69, 9.17) is 19.9 Å². The molecule has 1 amide bonds. The molecule has 0 saturated carbocycles. The zero-order chi connectivity index (χ0) is 40.8. The molecule has 3 N–H and O–H groups in total. The molecule has 0 aliphatic heterocycles. The van der Waals surface area contributed by atoms with Crippen LogP contribution in [0.15, 0.2) is 108 Å². The SMILES string of the molecule is CC(C)(C)[O-].COC(=O)c1ccc(OCC=C(C)C)c(C)c1.COc1cc(C(=O)Nc2ccc(C)cc2)ccc1OCC=C(C)C.Cc1ccc(N)cc1.[K+]. The number of anilines is 2. The predicted molar refractivity (Wildman–Crippen MR) is 220 cm³/mol. The Morgan fingerprint density at radius 2 is 1.15 bits per heavy atom. The molecular formula is C45H59KN2O7. The van der Waals surface area contributed by atoms with E-state index in [1.54, 1.807) is 64.3 Å². The summed E-state index contributed by atoms with van der Waals surface area (Å²) in [6.45, 7) is 19.9. The number of nitrogens with two attached hydrogens (primary N) is 1. The maximum absolute atomic E-state index is 12.4. The number of nitrogen functional groups attached to an aromatic ring is 1. The van der Waals surface area contributed by atoms with Crippen LogP contribution in [0.3, 0.4) is 0 Å². The standard InChI is InChI=1S/C20H23NO3.C14H18O3.C7H9N.C4H9O.K/c1-14(2)11-12-24-18-10-7-16(13-19(18)23-4)20(22)21-17-8-5-15(3)6-9-17;1-10(2)7-8-17-13-6-5-12(9-11(13)3)14(15)16-4;1-6-2-4-7(8)5-3-6;1-4(2,3)5;/h5-11,13H,12H2,1-4H3,(H,21,22);5-7,9H,8H2,1-4H3;2-5H,8H2,1H3;1-3H3;/q;;;-1;+1. The van der Waals surface area contributed by atoms with Gasteiger partial charge in [0.05, 0.1) is 19.8 Å². The molecule has 0 spiro atoms. The van der Waals surface area contributed by atoms with Crippen LogP contribution in [-0.2, 0) is 4.74 Å². The zero-order valence-corrected chi connectivity index (χ0v) is 38.2. The van der Waals surface area contributed by atoms with E-state index >= 15 is 0 Å². The van der Waals surface area contributed by atoms with Crippen molar-refractivity contribution < 1.29 is 85.0 Å². The van der Waals surface area contributed by atoms with Crippen molar-refractivity contribution in [2.75, 3.05) is 38.5 Å². The van der Waals surface area contributed by atoms with Gasteiger partial charge in [0.25, 0.3) is 5.91 Å². The van der Waals surface area contributed by atoms with Crippen LogP contribution in [0.2, 0.25) is 0 Å². The molecule has 0 unspecified atom stereocenters. The Hall–Kier alpha value is -3.90. The van der Waals surface area contributed by atoms with Crippen LogP contribution in [0.1, 0.15) is 85.9 Å². The predicted octanol–water partition coefficient (Wildman–Crippen LogP) is 6.45. The number of carbonyl (C=O) groups excluding carboxylic acids is 2. The van der Waals surface area contributed by atoms with E-state index in [0.717, 1.165) is 28.3 Å². The van der Waals surface area contributed by atoms with Gasteiger partial charge in [-0.3, -0.25) is 4.79 Å². The molecule has 0 bridgehead atoms. The van der Waals surface area contributed by atoms with Crippen molar-refractivity contribution in [2.24, 2.45) is 0 Å². The van der Waals surface area contributed by atoms with Crippen molar-refractivity contribution in [3.05, 3.63) is 136 Å². The van der Waals surface area contributed by atoms with Gasteiger partial charge < -0.3 is 35.1 Å². The van der Waals surface area contributed by atoms with Crippen molar-refractivity contribution in [1.82, 2.24) is 0 Å². The van der Waals surface area contributed by atoms with Crippen molar-refractivity contribution in [3.8, 4) is 17.2 Å². The molecule has 4 rings (SSSR count). The number of esters is 1. The quantitative estimate of drug-likeness (QED) is 0.0813. The first-order valence-electron chi connectivity index (χ1n) is 17.6. The third-order valence-corrected chi connectivity index (χ3v) is 6.87. The minimum Gasteiger partial charge on any atom is -0.850 e. The Balaban J connectivity index is 0.000000812. The largest absolute Gasteiger partial charge is 1.00 e. The molecule has 0 aliphatic carbocycles. The minimum absolute atomic E-state index is 0. The zero-order valence-electron chi connectivity index (χ0n) is 35.1. The Morgan fingerprint density at radius 3 is 1.58 bits per heavy atom. The maximum Gasteiger partial charge on any atom is 1.00 e. The summed E-state index contributed by atoms with van der Waals surface area (Å²) in [6, 6.07) is 25.9. The van der Waals surface area contributed by atoms with Gasteiger partial charge in [-0.05, 0) is 127 Å². The number of amides is 1. The average molecular weight is 779 g/mol. The average Bonchev–Trinajstić information content (AvgIpc) is 3.10. The Labute approximate surface area is 371 Å². The fourth-order valence-electron chi connectivity index (χ4n) is 3.99. The van der Waals surface area contributed by atoms with Crippen molar-refractivity contribution in [2.45, 2.75) is 74.8 Å². The van der Waals surface area contributed by atoms with Crippen LogP contribution in [0.25, 0.3) is 0 Å². The molecule has 0 aliphatic rings. The first-order chi connectivity index (χ1) is 25.3. The first-order valence-corrected chi connectivity index (χ1v) is 17.6. The van der Waals surface area contributed by atoms with E-state index < -0.39 is 5.60 Å². The first kappa shape index (κ1) is 51.1. The number of aryl methyl sites for hydroxylation is 3. The van der Waals surface area contributed by atoms with Crippen molar-refractivity contribution >= 4 is 23.3 Å². The van der Waals surface area contributed by atoms with Gasteiger partial charge in [0.2, 0.25) is 0 Å². The molecule has 292 valence electrons. The number of hydrogen-bond donors (Lipinski definition) is 2. The number of methoxy groups -OCH3 is 2. The van der Waals surface area contributed by atoms with Crippen LogP contribution in [0, 0.1) is 20.8 Å². The summed E-state index contributed by atoms with van der Waals surface area (Å²) in [6.07, 6.45) is 3.99. The molecule has 0 saturated heterocycles. The second-order valence-corrected chi connectivity index (χ2v) is 13.9. The van der Waals surface area contributed by atoms with Gasteiger partial charge >= 0.3 is 57.4 Å². The second-order valence-electron chi connectivity index (χ2n) is 13.9. The number of benzene rings is 4. The number of rotatable bonds is 10. The van der Waals surface area contributed by atoms with Gasteiger partial charge in [0, 0.05) is 16.9 Å². The summed E-state index contributed by atoms with van der Waals surface area (Å²) < 4.78 is 21.2. The summed E-state index contributed by atoms with van der Waals surface area (Å²) in [4.78, 5) is 23.7. The van der Waals surface area contributed by atoms with Gasteiger partial charge in [0.1, 0.15) is 19.0 Å². The van der Waals surface area contributed by atoms with Gasteiger partial charge in [0.15, 0.2) is 11.5 Å². The van der Waals surface area contributed by atoms with Crippen LogP contribution >= 0.6 is 0 Å². The van der Waals surface area contributed by atoms with Crippen LogP contribution < -0.4 is 81.8 Å². The van der Waals surface area contributed by atoms with E-state index in [1.807, 2.05) is 109 Å². The minimum atomic E-state index is -0.750. The summed E-state index contributed by atoms with van der Waals surface area (Å²) in [7, 11) is 2.93. The summed E-state index contributed by atoms with van der Waals surface area (Å²) in [5, 5.41) is 13.0. The topological polar surface area (TPSA) is 132 Å². The molecule has 10 heteroatoms. The van der Waals surface area contributed by atoms with Crippen molar-refractivity contribution in [3.63, 3.8) is 0 Å². The van der Waals surface area contributed by atoms with E-state index in [2.05, 4.69) is 10.1 Å². The Bertz CT molecular complexity index is 1780. The molecule has 0 atom stereocenters. The maximum atomic E-state index is 12.4. The van der Waals surface area contributed by atoms with Crippen LogP contribution in [0.5, 0.6) is 17.2 Å². The third kappa shape index (κ3) is 23.6. The number of carbonyl (C=O) groups is 2. The van der Waals surface area contributed by atoms with Crippen LogP contribution in [0.4, 0.5) is 11.4 Å². The van der Waals surface area contributed by atoms with E-state index in [1.165, 1.54) is 23.8 Å². The molecule has 0 heterocycles. The number of hydrogen-bond acceptors (Lipinski definition) is 8. The fourth-order valence-corrected chi connectivity index (χ4v) is 3.99. The Morgan fingerprint density at radius 1 is 0.691 bits per heavy atom. The summed E-state index contributed by atoms with van der Waals surface area (Å²) >= 11 is 0. The molecule has 9 nitrogen and oxygen atoms in total. The molecule has 4 aromatic rings. The van der Waals surface area contributed by atoms with E-state index in [9.17, 15) is 14.7 Å². The fraction of sp³-hybridized carbons (Fsp3) is 0.333. The third-order valence-electron chi connectivity index (χ3n) is 6.87. The monoisotopic (exact) mass is 778 g/mol. The van der Waals surface area contributed by atoms with Gasteiger partial charge in [-0.2, -0.15) is 0 Å². The molecule has 0 fully saturated rings. The van der Waals surface area contributed by atoms with Gasteiger partial charge in [-0.25, -0.2) is 4.79 Å². The molecule has 4 aromatic carbocycles. The number of nitrogens with one attached hydrogen (secondary N) is 1. The second kappa shape index (κ2) is 26.8. The normalized spacial score (nSPS) is 9.76. The van der Waals surface area contributed by atoms with E-state index in [0.29, 0.717) is 35.8 Å². The van der Waals surface area contributed by atoms with Crippen molar-refractivity contribution in [1.29, 1.82) is 0 Å². The molecule has 0 radical (unpaired) electrons. The number of allylic oxidation sites excluding steroid dienone is 2. The van der Waals surface area contributed by atoms with Gasteiger partial charge in [-0.1, -0.05) is 67.3 Å². The van der Waals surface area contributed by atoms with Crippen LogP contribution in [-0.4, -0.2) is 44.9 Å². The molecule has 0 aromatic heterocycles. The molecule has 55 heavy (non-hydrogen) atoms. The summed E-state index contributed by atoms with van der Waals surface area (Å²) in [5.74, 6) is 1.42.